The molecule has 2 rings (SSSR count). The van der Waals surface area contributed by atoms with Crippen molar-refractivity contribution < 1.29 is 13.9 Å². The molecule has 0 aliphatic heterocycles. The van der Waals surface area contributed by atoms with Crippen molar-refractivity contribution >= 4 is 17.5 Å². The molecular formula is C14H12ClFN2O2. The molecule has 0 aliphatic rings. The number of nitrogen functional groups attached to an aromatic ring is 1. The number of ether oxygens (including phenoxy) is 1. The van der Waals surface area contributed by atoms with E-state index in [0.717, 1.165) is 0 Å². The minimum Gasteiger partial charge on any atom is -0.488 e. The van der Waals surface area contributed by atoms with Gasteiger partial charge in [0.05, 0.1) is 5.56 Å². The van der Waals surface area contributed by atoms with Crippen LogP contribution >= 0.6 is 11.6 Å². The molecule has 2 aromatic carbocycles. The average Bonchev–Trinajstić information content (AvgIpc) is 2.46. The molecule has 3 N–H and O–H groups in total. The summed E-state index contributed by atoms with van der Waals surface area (Å²) in [5, 5.41) is 0.377. The van der Waals surface area contributed by atoms with E-state index in [1.54, 1.807) is 24.3 Å². The summed E-state index contributed by atoms with van der Waals surface area (Å²) in [5.74, 6) is 4.47. The lowest BCUT2D eigenvalue weighted by Gasteiger charge is -2.11. The third-order valence-electron chi connectivity index (χ3n) is 2.66. The molecule has 0 bridgehead atoms. The average molecular weight is 295 g/mol. The topological polar surface area (TPSA) is 64.3 Å². The van der Waals surface area contributed by atoms with Crippen LogP contribution in [0.25, 0.3) is 0 Å². The van der Waals surface area contributed by atoms with Crippen molar-refractivity contribution in [2.75, 3.05) is 0 Å². The molecule has 4 nitrogen and oxygen atoms in total. The highest BCUT2D eigenvalue weighted by molar-refractivity contribution is 6.31. The van der Waals surface area contributed by atoms with Crippen LogP contribution < -0.4 is 16.0 Å². The van der Waals surface area contributed by atoms with Crippen LogP contribution in [0.1, 0.15) is 15.9 Å². The second kappa shape index (κ2) is 6.36. The fourth-order valence-electron chi connectivity index (χ4n) is 1.65. The third kappa shape index (κ3) is 3.26. The molecule has 0 unspecified atom stereocenters. The third-order valence-corrected chi connectivity index (χ3v) is 2.89. The molecule has 0 spiro atoms. The van der Waals surface area contributed by atoms with Gasteiger partial charge in [0.1, 0.15) is 18.2 Å². The summed E-state index contributed by atoms with van der Waals surface area (Å²) in [7, 11) is 0. The van der Waals surface area contributed by atoms with Crippen molar-refractivity contribution in [3.8, 4) is 5.75 Å². The first-order valence-electron chi connectivity index (χ1n) is 5.78. The molecule has 1 amide bonds. The molecule has 0 aromatic heterocycles. The zero-order chi connectivity index (χ0) is 14.5. The first kappa shape index (κ1) is 14.3. The molecule has 20 heavy (non-hydrogen) atoms. The molecule has 0 radical (unpaired) electrons. The molecule has 0 atom stereocenters. The Morgan fingerprint density at radius 1 is 1.30 bits per heavy atom. The quantitative estimate of drug-likeness (QED) is 0.518. The molecule has 6 heteroatoms. The maximum absolute atomic E-state index is 13.5. The second-order valence-electron chi connectivity index (χ2n) is 3.99. The number of carbonyl (C=O) groups excluding carboxylic acids is 1. The lowest BCUT2D eigenvalue weighted by molar-refractivity contribution is 0.0949. The zero-order valence-electron chi connectivity index (χ0n) is 10.4. The fourth-order valence-corrected chi connectivity index (χ4v) is 1.83. The predicted molar refractivity (Wildman–Crippen MR) is 73.8 cm³/mol. The van der Waals surface area contributed by atoms with Gasteiger partial charge in [-0.15, -0.1) is 0 Å². The van der Waals surface area contributed by atoms with Gasteiger partial charge in [-0.1, -0.05) is 29.8 Å². The largest absolute Gasteiger partial charge is 0.488 e. The second-order valence-corrected chi connectivity index (χ2v) is 4.43. The summed E-state index contributed by atoms with van der Waals surface area (Å²) < 4.78 is 18.9. The Balaban J connectivity index is 2.21. The monoisotopic (exact) mass is 294 g/mol. The summed E-state index contributed by atoms with van der Waals surface area (Å²) in [4.78, 5) is 11.6. The minimum absolute atomic E-state index is 0.000836. The van der Waals surface area contributed by atoms with E-state index in [9.17, 15) is 9.18 Å². The Bertz CT molecular complexity index is 634. The van der Waals surface area contributed by atoms with E-state index in [1.165, 1.54) is 18.2 Å². The highest BCUT2D eigenvalue weighted by atomic mass is 35.5. The number of halogens is 2. The van der Waals surface area contributed by atoms with Crippen LogP contribution in [0.4, 0.5) is 4.39 Å². The van der Waals surface area contributed by atoms with Crippen LogP contribution in [-0.4, -0.2) is 5.91 Å². The smallest absolute Gasteiger partial charge is 0.268 e. The number of hydrogen-bond acceptors (Lipinski definition) is 3. The van der Waals surface area contributed by atoms with Crippen LogP contribution in [0.3, 0.4) is 0 Å². The van der Waals surface area contributed by atoms with Crippen LogP contribution in [0, 0.1) is 5.82 Å². The van der Waals surface area contributed by atoms with Gasteiger partial charge < -0.3 is 4.74 Å². The lowest BCUT2D eigenvalue weighted by Crippen LogP contribution is -2.30. The number of nitrogens with two attached hydrogens (primary N) is 1. The van der Waals surface area contributed by atoms with Crippen LogP contribution in [0.5, 0.6) is 5.75 Å². The predicted octanol–water partition coefficient (Wildman–Crippen LogP) is 2.66. The van der Waals surface area contributed by atoms with Gasteiger partial charge in [0, 0.05) is 10.6 Å². The van der Waals surface area contributed by atoms with E-state index < -0.39 is 5.91 Å². The maximum atomic E-state index is 13.5. The van der Waals surface area contributed by atoms with Gasteiger partial charge >= 0.3 is 0 Å². The fraction of sp³-hybridized carbons (Fsp3) is 0.0714. The van der Waals surface area contributed by atoms with Crippen molar-refractivity contribution in [2.45, 2.75) is 6.61 Å². The molecule has 0 saturated carbocycles. The van der Waals surface area contributed by atoms with Gasteiger partial charge in [-0.3, -0.25) is 10.2 Å². The number of rotatable bonds is 4. The van der Waals surface area contributed by atoms with E-state index in [0.29, 0.717) is 10.6 Å². The Morgan fingerprint density at radius 3 is 2.75 bits per heavy atom. The summed E-state index contributed by atoms with van der Waals surface area (Å²) in [6, 6.07) is 10.8. The Morgan fingerprint density at radius 2 is 2.05 bits per heavy atom. The maximum Gasteiger partial charge on any atom is 0.268 e. The van der Waals surface area contributed by atoms with Crippen molar-refractivity contribution in [1.82, 2.24) is 5.43 Å². The Labute approximate surface area is 120 Å². The number of hydrogen-bond donors (Lipinski definition) is 2. The number of nitrogens with one attached hydrogen (secondary N) is 1. The molecule has 0 aliphatic carbocycles. The first-order valence-corrected chi connectivity index (χ1v) is 6.16. The van der Waals surface area contributed by atoms with Gasteiger partial charge in [-0.25, -0.2) is 10.2 Å². The molecule has 104 valence electrons. The van der Waals surface area contributed by atoms with Crippen LogP contribution in [-0.2, 0) is 6.61 Å². The molecule has 0 saturated heterocycles. The highest BCUT2D eigenvalue weighted by Gasteiger charge is 2.13. The van der Waals surface area contributed by atoms with E-state index in [-0.39, 0.29) is 23.7 Å². The SMILES string of the molecule is NNC(=O)c1cc(Cl)ccc1OCc1ccccc1F. The first-order chi connectivity index (χ1) is 9.61. The van der Waals surface area contributed by atoms with Crippen LogP contribution in [0.15, 0.2) is 42.5 Å². The number of hydrazine groups is 1. The summed E-state index contributed by atoms with van der Waals surface area (Å²) in [5.41, 5.74) is 2.59. The zero-order valence-corrected chi connectivity index (χ0v) is 11.2. The van der Waals surface area contributed by atoms with Gasteiger partial charge in [0.15, 0.2) is 0 Å². The number of amides is 1. The number of benzene rings is 2. The van der Waals surface area contributed by atoms with Crippen molar-refractivity contribution in [3.05, 3.63) is 64.4 Å². The highest BCUT2D eigenvalue weighted by Crippen LogP contribution is 2.24. The van der Waals surface area contributed by atoms with E-state index >= 15 is 0 Å². The van der Waals surface area contributed by atoms with Gasteiger partial charge in [-0.2, -0.15) is 0 Å². The molecule has 0 fully saturated rings. The van der Waals surface area contributed by atoms with Crippen molar-refractivity contribution in [3.63, 3.8) is 0 Å². The lowest BCUT2D eigenvalue weighted by atomic mass is 10.2. The minimum atomic E-state index is -0.531. The van der Waals surface area contributed by atoms with E-state index in [1.807, 2.05) is 5.43 Å². The molecular weight excluding hydrogens is 283 g/mol. The summed E-state index contributed by atoms with van der Waals surface area (Å²) in [6.45, 7) is -0.000836. The van der Waals surface area contributed by atoms with Crippen LogP contribution in [0.2, 0.25) is 5.02 Å². The molecule has 0 heterocycles. The standard InChI is InChI=1S/C14H12ClFN2O2/c15-10-5-6-13(11(7-10)14(19)18-17)20-8-9-3-1-2-4-12(9)16/h1-7H,8,17H2,(H,18,19). The Hall–Kier alpha value is -2.11. The van der Waals surface area contributed by atoms with E-state index in [4.69, 9.17) is 22.2 Å². The van der Waals surface area contributed by atoms with Gasteiger partial charge in [0.2, 0.25) is 0 Å². The summed E-state index contributed by atoms with van der Waals surface area (Å²) in [6.07, 6.45) is 0. The number of carbonyl (C=O) groups is 1. The van der Waals surface area contributed by atoms with E-state index in [2.05, 4.69) is 0 Å². The van der Waals surface area contributed by atoms with Crippen molar-refractivity contribution in [1.29, 1.82) is 0 Å². The van der Waals surface area contributed by atoms with Crippen molar-refractivity contribution in [2.24, 2.45) is 5.84 Å². The normalized spacial score (nSPS) is 10.2. The van der Waals surface area contributed by atoms with Gasteiger partial charge in [0.25, 0.3) is 5.91 Å². The summed E-state index contributed by atoms with van der Waals surface area (Å²) >= 11 is 5.82. The van der Waals surface area contributed by atoms with Gasteiger partial charge in [-0.05, 0) is 24.3 Å². The Kier molecular flexibility index (Phi) is 4.55. The molecule has 2 aromatic rings.